The molecule has 1 amide bonds. The number of imidazole rings is 1. The molecule has 0 bridgehead atoms. The molecule has 1 aliphatic carbocycles. The van der Waals surface area contributed by atoms with Crippen LogP contribution in [0.2, 0.25) is 0 Å². The quantitative estimate of drug-likeness (QED) is 0.871. The number of hydrogen-bond donors (Lipinski definition) is 2. The molecular weight excluding hydrogens is 270 g/mol. The second kappa shape index (κ2) is 5.40. The summed E-state index contributed by atoms with van der Waals surface area (Å²) in [6, 6.07) is 6.16. The standard InChI is InChI=1S/C15H15N3O3/c19-14(17-13(15(20)21)10-1-2-10)11-3-5-12(6-4-11)18-8-7-16-9-18/h3-10,13H,1-2H2,(H,17,19)(H,20,21). The maximum Gasteiger partial charge on any atom is 0.326 e. The minimum Gasteiger partial charge on any atom is -0.480 e. The summed E-state index contributed by atoms with van der Waals surface area (Å²) in [6.07, 6.45) is 6.87. The lowest BCUT2D eigenvalue weighted by atomic mass is 10.1. The van der Waals surface area contributed by atoms with Gasteiger partial charge in [-0.25, -0.2) is 9.78 Å². The maximum absolute atomic E-state index is 12.1. The second-order valence-electron chi connectivity index (χ2n) is 5.14. The van der Waals surface area contributed by atoms with Gasteiger partial charge in [-0.15, -0.1) is 0 Å². The van der Waals surface area contributed by atoms with Crippen LogP contribution in [-0.2, 0) is 4.79 Å². The zero-order valence-corrected chi connectivity index (χ0v) is 11.3. The summed E-state index contributed by atoms with van der Waals surface area (Å²) in [4.78, 5) is 27.2. The van der Waals surface area contributed by atoms with Crippen LogP contribution < -0.4 is 5.32 Å². The van der Waals surface area contributed by atoms with Gasteiger partial charge in [0.2, 0.25) is 0 Å². The van der Waals surface area contributed by atoms with Gasteiger partial charge in [0.1, 0.15) is 6.04 Å². The highest BCUT2D eigenvalue weighted by Crippen LogP contribution is 2.32. The van der Waals surface area contributed by atoms with E-state index in [2.05, 4.69) is 10.3 Å². The van der Waals surface area contributed by atoms with Gasteiger partial charge >= 0.3 is 5.97 Å². The smallest absolute Gasteiger partial charge is 0.326 e. The number of carbonyl (C=O) groups is 2. The van der Waals surface area contributed by atoms with Crippen LogP contribution in [0.25, 0.3) is 5.69 Å². The Hall–Kier alpha value is -2.63. The molecule has 1 aliphatic rings. The van der Waals surface area contributed by atoms with Crippen LogP contribution in [0.15, 0.2) is 43.0 Å². The molecule has 0 spiro atoms. The Kier molecular flexibility index (Phi) is 3.43. The fourth-order valence-electron chi connectivity index (χ4n) is 2.23. The van der Waals surface area contributed by atoms with E-state index in [0.717, 1.165) is 18.5 Å². The van der Waals surface area contributed by atoms with Crippen molar-refractivity contribution in [3.63, 3.8) is 0 Å². The lowest BCUT2D eigenvalue weighted by molar-refractivity contribution is -0.139. The van der Waals surface area contributed by atoms with E-state index in [1.54, 1.807) is 36.8 Å². The first-order valence-corrected chi connectivity index (χ1v) is 6.77. The van der Waals surface area contributed by atoms with Gasteiger partial charge in [0.05, 0.1) is 6.33 Å². The van der Waals surface area contributed by atoms with E-state index in [9.17, 15) is 9.59 Å². The van der Waals surface area contributed by atoms with Crippen molar-refractivity contribution in [2.24, 2.45) is 5.92 Å². The number of amides is 1. The molecule has 1 fully saturated rings. The molecule has 1 aromatic heterocycles. The second-order valence-corrected chi connectivity index (χ2v) is 5.14. The zero-order chi connectivity index (χ0) is 14.8. The average Bonchev–Trinajstić information content (AvgIpc) is 3.17. The van der Waals surface area contributed by atoms with E-state index in [-0.39, 0.29) is 11.8 Å². The lowest BCUT2D eigenvalue weighted by Crippen LogP contribution is -2.42. The van der Waals surface area contributed by atoms with Gasteiger partial charge in [-0.2, -0.15) is 0 Å². The number of carboxylic acid groups (broad SMARTS) is 1. The van der Waals surface area contributed by atoms with E-state index in [1.807, 2.05) is 10.8 Å². The zero-order valence-electron chi connectivity index (χ0n) is 11.3. The van der Waals surface area contributed by atoms with Crippen LogP contribution in [-0.4, -0.2) is 32.6 Å². The molecule has 1 aromatic carbocycles. The fourth-order valence-corrected chi connectivity index (χ4v) is 2.23. The largest absolute Gasteiger partial charge is 0.480 e. The van der Waals surface area contributed by atoms with Gasteiger partial charge in [0.25, 0.3) is 5.91 Å². The van der Waals surface area contributed by atoms with Crippen molar-refractivity contribution in [3.8, 4) is 5.69 Å². The van der Waals surface area contributed by atoms with Gasteiger partial charge in [0, 0.05) is 23.6 Å². The summed E-state index contributed by atoms with van der Waals surface area (Å²) in [7, 11) is 0. The topological polar surface area (TPSA) is 84.2 Å². The Balaban J connectivity index is 1.71. The molecule has 1 unspecified atom stereocenters. The van der Waals surface area contributed by atoms with Crippen LogP contribution >= 0.6 is 0 Å². The molecule has 2 aromatic rings. The monoisotopic (exact) mass is 285 g/mol. The van der Waals surface area contributed by atoms with Crippen LogP contribution in [0.4, 0.5) is 0 Å². The van der Waals surface area contributed by atoms with Crippen LogP contribution in [0.1, 0.15) is 23.2 Å². The van der Waals surface area contributed by atoms with Gasteiger partial charge in [-0.1, -0.05) is 0 Å². The van der Waals surface area contributed by atoms with E-state index in [4.69, 9.17) is 5.11 Å². The fraction of sp³-hybridized carbons (Fsp3) is 0.267. The third kappa shape index (κ3) is 2.94. The number of carboxylic acids is 1. The highest BCUT2D eigenvalue weighted by atomic mass is 16.4. The number of carbonyl (C=O) groups excluding carboxylic acids is 1. The summed E-state index contributed by atoms with van der Waals surface area (Å²) >= 11 is 0. The van der Waals surface area contributed by atoms with Gasteiger partial charge in [-0.3, -0.25) is 4.79 Å². The minimum absolute atomic E-state index is 0.0664. The molecule has 21 heavy (non-hydrogen) atoms. The molecule has 2 N–H and O–H groups in total. The van der Waals surface area contributed by atoms with Crippen LogP contribution in [0.5, 0.6) is 0 Å². The van der Waals surface area contributed by atoms with Crippen molar-refractivity contribution >= 4 is 11.9 Å². The number of benzene rings is 1. The molecule has 6 nitrogen and oxygen atoms in total. The third-order valence-electron chi connectivity index (χ3n) is 3.58. The first kappa shape index (κ1) is 13.4. The molecule has 0 saturated heterocycles. The van der Waals surface area contributed by atoms with Crippen LogP contribution in [0.3, 0.4) is 0 Å². The summed E-state index contributed by atoms with van der Waals surface area (Å²) < 4.78 is 1.83. The van der Waals surface area contributed by atoms with Gasteiger partial charge in [-0.05, 0) is 43.0 Å². The summed E-state index contributed by atoms with van der Waals surface area (Å²) in [5.41, 5.74) is 1.34. The van der Waals surface area contributed by atoms with Crippen LogP contribution in [0, 0.1) is 5.92 Å². The molecule has 108 valence electrons. The van der Waals surface area contributed by atoms with Gasteiger partial charge < -0.3 is 15.0 Å². The van der Waals surface area contributed by atoms with Gasteiger partial charge in [0.15, 0.2) is 0 Å². The minimum atomic E-state index is -0.971. The highest BCUT2D eigenvalue weighted by molar-refractivity contribution is 5.96. The SMILES string of the molecule is O=C(NC(C(=O)O)C1CC1)c1ccc(-n2ccnc2)cc1. The molecule has 0 aliphatic heterocycles. The number of rotatable bonds is 5. The number of aliphatic carboxylic acids is 1. The first-order chi connectivity index (χ1) is 10.1. The Morgan fingerprint density at radius 2 is 2.00 bits per heavy atom. The van der Waals surface area contributed by atoms with Crippen molar-refractivity contribution in [1.82, 2.24) is 14.9 Å². The molecule has 1 atom stereocenters. The summed E-state index contributed by atoms with van der Waals surface area (Å²) in [5, 5.41) is 11.7. The van der Waals surface area contributed by atoms with Crippen molar-refractivity contribution in [1.29, 1.82) is 0 Å². The average molecular weight is 285 g/mol. The first-order valence-electron chi connectivity index (χ1n) is 6.77. The number of aromatic nitrogens is 2. The molecular formula is C15H15N3O3. The Bertz CT molecular complexity index is 645. The Morgan fingerprint density at radius 3 is 2.52 bits per heavy atom. The molecule has 3 rings (SSSR count). The van der Waals surface area contributed by atoms with Crippen molar-refractivity contribution in [2.45, 2.75) is 18.9 Å². The molecule has 1 heterocycles. The predicted molar refractivity (Wildman–Crippen MR) is 75.2 cm³/mol. The van der Waals surface area contributed by atoms with E-state index in [0.29, 0.717) is 5.56 Å². The molecule has 6 heteroatoms. The highest BCUT2D eigenvalue weighted by Gasteiger charge is 2.37. The normalized spacial score (nSPS) is 15.4. The van der Waals surface area contributed by atoms with Crippen molar-refractivity contribution in [2.75, 3.05) is 0 Å². The Labute approximate surface area is 121 Å². The van der Waals surface area contributed by atoms with Crippen molar-refractivity contribution < 1.29 is 14.7 Å². The van der Waals surface area contributed by atoms with E-state index >= 15 is 0 Å². The van der Waals surface area contributed by atoms with Crippen molar-refractivity contribution in [3.05, 3.63) is 48.5 Å². The summed E-state index contributed by atoms with van der Waals surface area (Å²) in [6.45, 7) is 0. The number of nitrogens with zero attached hydrogens (tertiary/aromatic N) is 2. The predicted octanol–water partition coefficient (Wildman–Crippen LogP) is 1.47. The number of hydrogen-bond acceptors (Lipinski definition) is 3. The maximum atomic E-state index is 12.1. The van der Waals surface area contributed by atoms with E-state index in [1.165, 1.54) is 0 Å². The Morgan fingerprint density at radius 1 is 1.29 bits per heavy atom. The number of nitrogens with one attached hydrogen (secondary N) is 1. The molecule has 0 radical (unpaired) electrons. The third-order valence-corrected chi connectivity index (χ3v) is 3.58. The molecule has 1 saturated carbocycles. The summed E-state index contributed by atoms with van der Waals surface area (Å²) in [5.74, 6) is -1.26. The lowest BCUT2D eigenvalue weighted by Gasteiger charge is -2.13. The van der Waals surface area contributed by atoms with E-state index < -0.39 is 12.0 Å².